The van der Waals surface area contributed by atoms with Gasteiger partial charge in [-0.2, -0.15) is 0 Å². The minimum atomic E-state index is -0.0791. The summed E-state index contributed by atoms with van der Waals surface area (Å²) in [5, 5.41) is 0. The molecule has 1 amide bonds. The van der Waals surface area contributed by atoms with Crippen molar-refractivity contribution in [1.29, 1.82) is 0 Å². The highest BCUT2D eigenvalue weighted by atomic mass is 35.5. The molecule has 2 atom stereocenters. The standard InChI is InChI=1S/C15H22N2O2.ClH/c1-11(16)10-15(18)17-9-3-4-14(17)12-5-7-13(19-2)8-6-12;/h5-8,11,14H,3-4,9-10,16H2,1-2H3;1H. The molecule has 2 N–H and O–H groups in total. The molecule has 1 heterocycles. The number of hydrogen-bond donors (Lipinski definition) is 1. The van der Waals surface area contributed by atoms with Crippen LogP contribution in [-0.4, -0.2) is 30.5 Å². The van der Waals surface area contributed by atoms with E-state index >= 15 is 0 Å². The zero-order valence-electron chi connectivity index (χ0n) is 12.0. The largest absolute Gasteiger partial charge is 0.497 e. The molecule has 1 aliphatic rings. The normalized spacial score (nSPS) is 19.4. The summed E-state index contributed by atoms with van der Waals surface area (Å²) in [5.41, 5.74) is 6.90. The first kappa shape index (κ1) is 16.8. The molecule has 1 saturated heterocycles. The van der Waals surface area contributed by atoms with Crippen LogP contribution in [0.1, 0.15) is 37.8 Å². The van der Waals surface area contributed by atoms with E-state index in [0.29, 0.717) is 6.42 Å². The van der Waals surface area contributed by atoms with Crippen molar-refractivity contribution < 1.29 is 9.53 Å². The average Bonchev–Trinajstić information content (AvgIpc) is 2.87. The van der Waals surface area contributed by atoms with Crippen LogP contribution in [0.3, 0.4) is 0 Å². The lowest BCUT2D eigenvalue weighted by Crippen LogP contribution is -2.34. The molecule has 0 bridgehead atoms. The number of nitrogens with zero attached hydrogens (tertiary/aromatic N) is 1. The van der Waals surface area contributed by atoms with Crippen molar-refractivity contribution in [2.75, 3.05) is 13.7 Å². The van der Waals surface area contributed by atoms with Crippen molar-refractivity contribution in [3.8, 4) is 5.75 Å². The summed E-state index contributed by atoms with van der Waals surface area (Å²) in [6.07, 6.45) is 2.51. The predicted octanol–water partition coefficient (Wildman–Crippen LogP) is 2.52. The fraction of sp³-hybridized carbons (Fsp3) is 0.533. The lowest BCUT2D eigenvalue weighted by Gasteiger charge is -2.26. The Kier molecular flexibility index (Phi) is 6.30. The average molecular weight is 299 g/mol. The second-order valence-electron chi connectivity index (χ2n) is 5.20. The molecule has 20 heavy (non-hydrogen) atoms. The third kappa shape index (κ3) is 3.87. The Hall–Kier alpha value is -1.26. The highest BCUT2D eigenvalue weighted by molar-refractivity contribution is 5.85. The molecule has 4 nitrogen and oxygen atoms in total. The number of amides is 1. The van der Waals surface area contributed by atoms with Crippen molar-refractivity contribution in [3.05, 3.63) is 29.8 Å². The Morgan fingerprint density at radius 1 is 1.45 bits per heavy atom. The Morgan fingerprint density at radius 2 is 2.10 bits per heavy atom. The number of hydrogen-bond acceptors (Lipinski definition) is 3. The second kappa shape index (κ2) is 7.50. The van der Waals surface area contributed by atoms with Gasteiger partial charge in [-0.15, -0.1) is 12.4 Å². The summed E-state index contributed by atoms with van der Waals surface area (Å²) >= 11 is 0. The van der Waals surface area contributed by atoms with Crippen LogP contribution in [-0.2, 0) is 4.79 Å². The third-order valence-corrected chi connectivity index (χ3v) is 3.57. The monoisotopic (exact) mass is 298 g/mol. The maximum absolute atomic E-state index is 12.2. The first-order valence-electron chi connectivity index (χ1n) is 6.81. The fourth-order valence-corrected chi connectivity index (χ4v) is 2.63. The Bertz CT molecular complexity index is 434. The Morgan fingerprint density at radius 3 is 2.65 bits per heavy atom. The highest BCUT2D eigenvalue weighted by Gasteiger charge is 2.29. The summed E-state index contributed by atoms with van der Waals surface area (Å²) in [7, 11) is 1.66. The fourth-order valence-electron chi connectivity index (χ4n) is 2.63. The van der Waals surface area contributed by atoms with Crippen LogP contribution in [0.2, 0.25) is 0 Å². The summed E-state index contributed by atoms with van der Waals surface area (Å²) in [6.45, 7) is 2.71. The molecule has 1 aromatic carbocycles. The van der Waals surface area contributed by atoms with Crippen LogP contribution in [0.4, 0.5) is 0 Å². The molecule has 0 aromatic heterocycles. The number of rotatable bonds is 4. The predicted molar refractivity (Wildman–Crippen MR) is 82.2 cm³/mol. The Labute approximate surface area is 126 Å². The molecule has 0 aliphatic carbocycles. The second-order valence-corrected chi connectivity index (χ2v) is 5.20. The van der Waals surface area contributed by atoms with Crippen molar-refractivity contribution in [3.63, 3.8) is 0 Å². The van der Waals surface area contributed by atoms with Crippen molar-refractivity contribution >= 4 is 18.3 Å². The molecular formula is C15H23ClN2O2. The number of nitrogens with two attached hydrogens (primary N) is 1. The van der Waals surface area contributed by atoms with Crippen LogP contribution >= 0.6 is 12.4 Å². The number of methoxy groups -OCH3 is 1. The maximum Gasteiger partial charge on any atom is 0.224 e. The van der Waals surface area contributed by atoms with Crippen LogP contribution in [0.5, 0.6) is 5.75 Å². The molecule has 1 aromatic rings. The number of ether oxygens (including phenoxy) is 1. The van der Waals surface area contributed by atoms with Gasteiger partial charge < -0.3 is 15.4 Å². The van der Waals surface area contributed by atoms with E-state index in [1.165, 1.54) is 5.56 Å². The lowest BCUT2D eigenvalue weighted by molar-refractivity contribution is -0.132. The van der Waals surface area contributed by atoms with E-state index in [9.17, 15) is 4.79 Å². The lowest BCUT2D eigenvalue weighted by atomic mass is 10.0. The smallest absolute Gasteiger partial charge is 0.224 e. The minimum absolute atomic E-state index is 0. The molecular weight excluding hydrogens is 276 g/mol. The highest BCUT2D eigenvalue weighted by Crippen LogP contribution is 2.33. The minimum Gasteiger partial charge on any atom is -0.497 e. The first-order chi connectivity index (χ1) is 9.11. The van der Waals surface area contributed by atoms with Crippen molar-refractivity contribution in [2.45, 2.75) is 38.3 Å². The van der Waals surface area contributed by atoms with E-state index in [4.69, 9.17) is 10.5 Å². The van der Waals surface area contributed by atoms with Gasteiger partial charge in [0.25, 0.3) is 0 Å². The van der Waals surface area contributed by atoms with Crippen molar-refractivity contribution in [1.82, 2.24) is 4.90 Å². The summed E-state index contributed by atoms with van der Waals surface area (Å²) in [6, 6.07) is 8.09. The molecule has 0 saturated carbocycles. The van der Waals surface area contributed by atoms with Crippen LogP contribution in [0, 0.1) is 0 Å². The van der Waals surface area contributed by atoms with E-state index < -0.39 is 0 Å². The molecule has 1 fully saturated rings. The number of carbonyl (C=O) groups excluding carboxylic acids is 1. The SMILES string of the molecule is COc1ccc(C2CCCN2C(=O)CC(C)N)cc1.Cl. The molecule has 0 radical (unpaired) electrons. The zero-order valence-corrected chi connectivity index (χ0v) is 12.9. The van der Waals surface area contributed by atoms with Gasteiger partial charge in [0.05, 0.1) is 13.2 Å². The summed E-state index contributed by atoms with van der Waals surface area (Å²) < 4.78 is 5.16. The van der Waals surface area contributed by atoms with Gasteiger partial charge in [0, 0.05) is 19.0 Å². The van der Waals surface area contributed by atoms with Gasteiger partial charge in [0.15, 0.2) is 0 Å². The molecule has 2 unspecified atom stereocenters. The van der Waals surface area contributed by atoms with E-state index in [1.807, 2.05) is 36.1 Å². The summed E-state index contributed by atoms with van der Waals surface area (Å²) in [5.74, 6) is 1.00. The Balaban J connectivity index is 0.00000200. The van der Waals surface area contributed by atoms with E-state index in [0.717, 1.165) is 25.1 Å². The summed E-state index contributed by atoms with van der Waals surface area (Å²) in [4.78, 5) is 14.1. The van der Waals surface area contributed by atoms with Gasteiger partial charge in [-0.25, -0.2) is 0 Å². The van der Waals surface area contributed by atoms with Gasteiger partial charge in [-0.3, -0.25) is 4.79 Å². The van der Waals surface area contributed by atoms with Gasteiger partial charge in [-0.1, -0.05) is 12.1 Å². The van der Waals surface area contributed by atoms with Gasteiger partial charge in [0.2, 0.25) is 5.91 Å². The molecule has 1 aliphatic heterocycles. The maximum atomic E-state index is 12.2. The van der Waals surface area contributed by atoms with Gasteiger partial charge >= 0.3 is 0 Å². The zero-order chi connectivity index (χ0) is 13.8. The number of likely N-dealkylation sites (tertiary alicyclic amines) is 1. The molecule has 5 heteroatoms. The van der Waals surface area contributed by atoms with Crippen molar-refractivity contribution in [2.24, 2.45) is 5.73 Å². The van der Waals surface area contributed by atoms with E-state index in [-0.39, 0.29) is 30.4 Å². The first-order valence-corrected chi connectivity index (χ1v) is 6.81. The molecule has 2 rings (SSSR count). The number of benzene rings is 1. The van der Waals surface area contributed by atoms with Crippen LogP contribution < -0.4 is 10.5 Å². The van der Waals surface area contributed by atoms with E-state index in [2.05, 4.69) is 0 Å². The van der Waals surface area contributed by atoms with E-state index in [1.54, 1.807) is 7.11 Å². The quantitative estimate of drug-likeness (QED) is 0.929. The topological polar surface area (TPSA) is 55.6 Å². The molecule has 112 valence electrons. The van der Waals surface area contributed by atoms with Gasteiger partial charge in [-0.05, 0) is 37.5 Å². The van der Waals surface area contributed by atoms with Crippen LogP contribution in [0.15, 0.2) is 24.3 Å². The third-order valence-electron chi connectivity index (χ3n) is 3.57. The van der Waals surface area contributed by atoms with Crippen LogP contribution in [0.25, 0.3) is 0 Å². The molecule has 0 spiro atoms. The van der Waals surface area contributed by atoms with Gasteiger partial charge in [0.1, 0.15) is 5.75 Å². The number of halogens is 1. The number of carbonyl (C=O) groups is 1.